The van der Waals surface area contributed by atoms with E-state index in [1.807, 2.05) is 0 Å². The number of fused-ring (bicyclic) bond motifs is 1. The van der Waals surface area contributed by atoms with E-state index >= 15 is 4.39 Å². The summed E-state index contributed by atoms with van der Waals surface area (Å²) in [6, 6.07) is 0.318. The van der Waals surface area contributed by atoms with Gasteiger partial charge in [0.05, 0.1) is 31.0 Å². The number of anilines is 1. The van der Waals surface area contributed by atoms with E-state index in [-0.39, 0.29) is 47.7 Å². The molecule has 3 N–H and O–H groups in total. The number of halogens is 1. The average molecular weight is 493 g/mol. The van der Waals surface area contributed by atoms with Crippen molar-refractivity contribution in [3.05, 3.63) is 39.4 Å². The fourth-order valence-electron chi connectivity index (χ4n) is 3.97. The lowest BCUT2D eigenvalue weighted by Crippen LogP contribution is -2.29. The molecule has 0 radical (unpaired) electrons. The summed E-state index contributed by atoms with van der Waals surface area (Å²) in [5.41, 5.74) is -1.14. The number of esters is 2. The van der Waals surface area contributed by atoms with Crippen LogP contribution in [-0.4, -0.2) is 51.6 Å². The number of hydrogen-bond donors (Lipinski definition) is 3. The van der Waals surface area contributed by atoms with Crippen molar-refractivity contribution >= 4 is 28.5 Å². The zero-order valence-corrected chi connectivity index (χ0v) is 20.5. The van der Waals surface area contributed by atoms with Crippen molar-refractivity contribution in [3.8, 4) is 0 Å². The molecule has 2 aromatic rings. The zero-order valence-electron chi connectivity index (χ0n) is 20.5. The molecule has 9 nitrogen and oxygen atoms in total. The molecular formula is C25H33FN2O7. The third-order valence-electron chi connectivity index (χ3n) is 5.65. The molecule has 1 heterocycles. The molecule has 0 saturated heterocycles. The minimum atomic E-state index is -0.822. The Hall–Kier alpha value is -2.98. The quantitative estimate of drug-likeness (QED) is 0.432. The molecule has 1 saturated carbocycles. The SMILES string of the molecule is CCOC(=O)c1cn(C2CC2)c2c(CO)c(N[C@H](CO)CCC(=O)OC(C)(C)C)c(F)cc2c1=O. The Morgan fingerprint density at radius 1 is 1.29 bits per heavy atom. The highest BCUT2D eigenvalue weighted by atomic mass is 19.1. The second kappa shape index (κ2) is 10.7. The van der Waals surface area contributed by atoms with Gasteiger partial charge in [-0.25, -0.2) is 9.18 Å². The van der Waals surface area contributed by atoms with E-state index in [0.717, 1.165) is 18.9 Å². The van der Waals surface area contributed by atoms with Crippen molar-refractivity contribution in [2.75, 3.05) is 18.5 Å². The van der Waals surface area contributed by atoms with Crippen molar-refractivity contribution in [1.29, 1.82) is 0 Å². The number of nitrogens with one attached hydrogen (secondary N) is 1. The van der Waals surface area contributed by atoms with Crippen LogP contribution in [0.1, 0.15) is 75.3 Å². The molecule has 1 aliphatic rings. The molecule has 0 aliphatic heterocycles. The zero-order chi connectivity index (χ0) is 25.9. The predicted molar refractivity (Wildman–Crippen MR) is 128 cm³/mol. The first-order valence-corrected chi connectivity index (χ1v) is 11.8. The Morgan fingerprint density at radius 3 is 2.51 bits per heavy atom. The molecule has 3 rings (SSSR count). The van der Waals surface area contributed by atoms with Gasteiger partial charge in [-0.2, -0.15) is 0 Å². The molecule has 1 aliphatic carbocycles. The Bertz CT molecular complexity index is 1170. The van der Waals surface area contributed by atoms with Crippen LogP contribution in [0.3, 0.4) is 0 Å². The first kappa shape index (κ1) is 26.6. The Kier molecular flexibility index (Phi) is 8.17. The lowest BCUT2D eigenvalue weighted by atomic mass is 10.0. The van der Waals surface area contributed by atoms with E-state index in [0.29, 0.717) is 5.52 Å². The standard InChI is InChI=1S/C25H33FN2O7/c1-5-34-24(33)17-11-28(15-7-8-15)22-16(23(17)32)10-19(26)21(18(22)13-30)27-14(12-29)6-9-20(31)35-25(2,3)4/h10-11,14-15,27,29-30H,5-9,12-13H2,1-4H3/t14-/m0/s1. The van der Waals surface area contributed by atoms with Gasteiger partial charge in [0.15, 0.2) is 0 Å². The minimum Gasteiger partial charge on any atom is -0.462 e. The maximum atomic E-state index is 15.3. The van der Waals surface area contributed by atoms with Crippen LogP contribution in [0.15, 0.2) is 17.1 Å². The number of rotatable bonds is 10. The average Bonchev–Trinajstić information content (AvgIpc) is 3.61. The minimum absolute atomic E-state index is 0.00399. The van der Waals surface area contributed by atoms with Gasteiger partial charge in [-0.3, -0.25) is 9.59 Å². The molecule has 1 fully saturated rings. The maximum Gasteiger partial charge on any atom is 0.343 e. The summed E-state index contributed by atoms with van der Waals surface area (Å²) in [4.78, 5) is 37.5. The van der Waals surface area contributed by atoms with Crippen molar-refractivity contribution in [2.24, 2.45) is 0 Å². The van der Waals surface area contributed by atoms with Crippen LogP contribution in [0.5, 0.6) is 0 Å². The monoisotopic (exact) mass is 492 g/mol. The highest BCUT2D eigenvalue weighted by Gasteiger charge is 2.30. The van der Waals surface area contributed by atoms with Crippen LogP contribution in [-0.2, 0) is 20.9 Å². The number of carbonyl (C=O) groups excluding carboxylic acids is 2. The number of benzene rings is 1. The summed E-state index contributed by atoms with van der Waals surface area (Å²) in [6.45, 7) is 5.96. The number of pyridine rings is 1. The topological polar surface area (TPSA) is 127 Å². The molecule has 0 unspecified atom stereocenters. The largest absolute Gasteiger partial charge is 0.462 e. The van der Waals surface area contributed by atoms with E-state index in [1.165, 1.54) is 6.20 Å². The first-order valence-electron chi connectivity index (χ1n) is 11.8. The van der Waals surface area contributed by atoms with Crippen LogP contribution in [0, 0.1) is 5.82 Å². The number of hydrogen-bond acceptors (Lipinski definition) is 8. The first-order chi connectivity index (χ1) is 16.5. The summed E-state index contributed by atoms with van der Waals surface area (Å²) >= 11 is 0. The summed E-state index contributed by atoms with van der Waals surface area (Å²) in [5.74, 6) is -2.06. The van der Waals surface area contributed by atoms with Gasteiger partial charge in [-0.15, -0.1) is 0 Å². The van der Waals surface area contributed by atoms with E-state index < -0.39 is 48.0 Å². The maximum absolute atomic E-state index is 15.3. The number of aromatic nitrogens is 1. The highest BCUT2D eigenvalue weighted by Crippen LogP contribution is 2.39. The number of aliphatic hydroxyl groups is 2. The van der Waals surface area contributed by atoms with Crippen molar-refractivity contribution in [1.82, 2.24) is 4.57 Å². The Morgan fingerprint density at radius 2 is 1.97 bits per heavy atom. The second-order valence-electron chi connectivity index (χ2n) is 9.65. The second-order valence-corrected chi connectivity index (χ2v) is 9.65. The van der Waals surface area contributed by atoms with Gasteiger partial charge in [-0.05, 0) is 53.0 Å². The van der Waals surface area contributed by atoms with Crippen LogP contribution in [0.2, 0.25) is 0 Å². The van der Waals surface area contributed by atoms with E-state index in [2.05, 4.69) is 5.32 Å². The van der Waals surface area contributed by atoms with Crippen LogP contribution in [0.4, 0.5) is 10.1 Å². The predicted octanol–water partition coefficient (Wildman–Crippen LogP) is 3.04. The normalized spacial score (nSPS) is 14.6. The van der Waals surface area contributed by atoms with Crippen molar-refractivity contribution in [3.63, 3.8) is 0 Å². The molecule has 1 aromatic carbocycles. The van der Waals surface area contributed by atoms with Gasteiger partial charge in [0, 0.05) is 35.7 Å². The van der Waals surface area contributed by atoms with Gasteiger partial charge in [0.1, 0.15) is 17.0 Å². The number of carbonyl (C=O) groups is 2. The van der Waals surface area contributed by atoms with E-state index in [4.69, 9.17) is 9.47 Å². The van der Waals surface area contributed by atoms with Crippen LogP contribution in [0.25, 0.3) is 10.9 Å². The Labute approximate surface area is 202 Å². The van der Waals surface area contributed by atoms with Crippen LogP contribution < -0.4 is 10.7 Å². The smallest absolute Gasteiger partial charge is 0.343 e. The third kappa shape index (κ3) is 6.18. The van der Waals surface area contributed by atoms with Gasteiger partial charge in [0.25, 0.3) is 0 Å². The van der Waals surface area contributed by atoms with Gasteiger partial charge >= 0.3 is 11.9 Å². The molecule has 0 amide bonds. The van der Waals surface area contributed by atoms with Gasteiger partial charge < -0.3 is 29.6 Å². The third-order valence-corrected chi connectivity index (χ3v) is 5.65. The Balaban J connectivity index is 2.02. The van der Waals surface area contributed by atoms with Crippen molar-refractivity contribution < 1.29 is 33.7 Å². The summed E-state index contributed by atoms with van der Waals surface area (Å²) in [5, 5.41) is 22.9. The number of ether oxygens (including phenoxy) is 2. The molecule has 0 spiro atoms. The van der Waals surface area contributed by atoms with E-state index in [9.17, 15) is 24.6 Å². The molecule has 0 bridgehead atoms. The van der Waals surface area contributed by atoms with E-state index in [1.54, 1.807) is 32.3 Å². The number of nitrogens with zero attached hydrogens (tertiary/aromatic N) is 1. The summed E-state index contributed by atoms with van der Waals surface area (Å²) in [7, 11) is 0. The molecule has 1 atom stereocenters. The fraction of sp³-hybridized carbons (Fsp3) is 0.560. The lowest BCUT2D eigenvalue weighted by molar-refractivity contribution is -0.155. The van der Waals surface area contributed by atoms with Crippen LogP contribution >= 0.6 is 0 Å². The molecule has 10 heteroatoms. The summed E-state index contributed by atoms with van der Waals surface area (Å²) in [6.07, 6.45) is 3.17. The summed E-state index contributed by atoms with van der Waals surface area (Å²) < 4.78 is 27.3. The number of aliphatic hydroxyl groups excluding tert-OH is 2. The fourth-order valence-corrected chi connectivity index (χ4v) is 3.97. The van der Waals surface area contributed by atoms with Crippen molar-refractivity contribution in [2.45, 2.75) is 77.7 Å². The molecule has 1 aromatic heterocycles. The molecule has 192 valence electrons. The molecule has 35 heavy (non-hydrogen) atoms. The highest BCUT2D eigenvalue weighted by molar-refractivity contribution is 5.96. The molecular weight excluding hydrogens is 459 g/mol. The van der Waals surface area contributed by atoms with Gasteiger partial charge in [-0.1, -0.05) is 0 Å². The lowest BCUT2D eigenvalue weighted by Gasteiger charge is -2.24. The van der Waals surface area contributed by atoms with Gasteiger partial charge in [0.2, 0.25) is 5.43 Å².